The lowest BCUT2D eigenvalue weighted by molar-refractivity contribution is 0.0234. The smallest absolute Gasteiger partial charge is 0.255 e. The lowest BCUT2D eigenvalue weighted by Crippen LogP contribution is -2.44. The summed E-state index contributed by atoms with van der Waals surface area (Å²) in [6, 6.07) is 11.9. The van der Waals surface area contributed by atoms with Gasteiger partial charge in [-0.1, -0.05) is 6.07 Å². The first-order valence-corrected chi connectivity index (χ1v) is 13.4. The zero-order valence-corrected chi connectivity index (χ0v) is 22.6. The van der Waals surface area contributed by atoms with Crippen LogP contribution in [0.15, 0.2) is 42.5 Å². The number of piperazine rings is 1. The number of hydrogen-bond acceptors (Lipinski definition) is 6. The van der Waals surface area contributed by atoms with E-state index in [1.807, 2.05) is 12.1 Å². The minimum atomic E-state index is -0.644. The van der Waals surface area contributed by atoms with Crippen LogP contribution in [-0.2, 0) is 4.74 Å². The van der Waals surface area contributed by atoms with E-state index in [-0.39, 0.29) is 23.7 Å². The number of carbonyl (C=O) groups is 1. The minimum Gasteiger partial charge on any atom is -0.474 e. The highest BCUT2D eigenvalue weighted by atomic mass is 19.1. The Balaban J connectivity index is 1.45. The molecule has 0 spiro atoms. The molecule has 206 valence electrons. The number of amides is 1. The number of rotatable bonds is 6. The van der Waals surface area contributed by atoms with Gasteiger partial charge in [-0.05, 0) is 67.9 Å². The number of anilines is 2. The Labute approximate surface area is 227 Å². The van der Waals surface area contributed by atoms with Crippen molar-refractivity contribution >= 4 is 17.3 Å². The third kappa shape index (κ3) is 6.20. The van der Waals surface area contributed by atoms with Gasteiger partial charge in [0.15, 0.2) is 0 Å². The van der Waals surface area contributed by atoms with Crippen LogP contribution in [0.25, 0.3) is 11.1 Å². The molecule has 1 N–H and O–H groups in total. The zero-order valence-electron chi connectivity index (χ0n) is 22.6. The number of likely N-dealkylation sites (N-methyl/N-ethyl adjacent to an activating group) is 1. The van der Waals surface area contributed by atoms with Crippen molar-refractivity contribution in [1.29, 1.82) is 0 Å². The highest BCUT2D eigenvalue weighted by Gasteiger charge is 2.22. The second-order valence-corrected chi connectivity index (χ2v) is 10.3. The Kier molecular flexibility index (Phi) is 8.09. The van der Waals surface area contributed by atoms with Crippen molar-refractivity contribution < 1.29 is 23.0 Å². The molecule has 2 fully saturated rings. The number of pyridine rings is 1. The number of carbonyl (C=O) groups excluding carboxylic acids is 1. The van der Waals surface area contributed by atoms with Gasteiger partial charge in [-0.15, -0.1) is 0 Å². The predicted octanol–water partition coefficient (Wildman–Crippen LogP) is 5.21. The van der Waals surface area contributed by atoms with Crippen molar-refractivity contribution in [3.63, 3.8) is 0 Å². The molecule has 0 atom stereocenters. The van der Waals surface area contributed by atoms with E-state index in [1.54, 1.807) is 32.0 Å². The summed E-state index contributed by atoms with van der Waals surface area (Å²) in [6.07, 6.45) is 1.45. The summed E-state index contributed by atoms with van der Waals surface area (Å²) >= 11 is 0. The molecule has 0 aliphatic carbocycles. The Bertz CT molecular complexity index is 1330. The number of hydrogen-bond donors (Lipinski definition) is 1. The van der Waals surface area contributed by atoms with E-state index >= 15 is 4.39 Å². The molecule has 3 heterocycles. The third-order valence-electron chi connectivity index (χ3n) is 7.38. The molecular weight excluding hydrogens is 502 g/mol. The quantitative estimate of drug-likeness (QED) is 0.437. The molecule has 0 radical (unpaired) electrons. The summed E-state index contributed by atoms with van der Waals surface area (Å²) in [5, 5.41) is 3.01. The highest BCUT2D eigenvalue weighted by molar-refractivity contribution is 6.06. The molecule has 9 heteroatoms. The minimum absolute atomic E-state index is 0.0417. The van der Waals surface area contributed by atoms with E-state index in [4.69, 9.17) is 9.47 Å². The van der Waals surface area contributed by atoms with Crippen LogP contribution in [0, 0.1) is 25.6 Å². The lowest BCUT2D eigenvalue weighted by Gasteiger charge is -2.35. The fourth-order valence-corrected chi connectivity index (χ4v) is 5.06. The maximum Gasteiger partial charge on any atom is 0.255 e. The van der Waals surface area contributed by atoms with Gasteiger partial charge in [0, 0.05) is 56.2 Å². The van der Waals surface area contributed by atoms with Crippen molar-refractivity contribution in [1.82, 2.24) is 9.88 Å². The number of benzene rings is 2. The van der Waals surface area contributed by atoms with Crippen LogP contribution in [0.4, 0.5) is 20.2 Å². The molecular formula is C30H34F2N4O3. The standard InChI is InChI=1S/C30H34F2N4O3/c1-19-16-22(17-20(2)28(19)31)30(37)33-25-18-21(4-6-26(25)36-12-10-35(3)11-13-36)24-5-7-27(34-29(24)32)39-23-8-14-38-15-9-23/h4-7,16-18,23H,8-15H2,1-3H3,(H,33,37). The van der Waals surface area contributed by atoms with Crippen LogP contribution >= 0.6 is 0 Å². The molecule has 0 bridgehead atoms. The van der Waals surface area contributed by atoms with Crippen LogP contribution in [0.2, 0.25) is 0 Å². The predicted molar refractivity (Wildman–Crippen MR) is 148 cm³/mol. The summed E-state index contributed by atoms with van der Waals surface area (Å²) < 4.78 is 40.6. The SMILES string of the molecule is Cc1cc(C(=O)Nc2cc(-c3ccc(OC4CCOCC4)nc3F)ccc2N2CCN(C)CC2)cc(C)c1F. The largest absolute Gasteiger partial charge is 0.474 e. The van der Waals surface area contributed by atoms with Gasteiger partial charge in [0.2, 0.25) is 11.8 Å². The van der Waals surface area contributed by atoms with Crippen LogP contribution in [-0.4, -0.2) is 68.3 Å². The fourth-order valence-electron chi connectivity index (χ4n) is 5.06. The number of nitrogens with zero attached hydrogens (tertiary/aromatic N) is 3. The van der Waals surface area contributed by atoms with Crippen molar-refractivity contribution in [2.45, 2.75) is 32.8 Å². The van der Waals surface area contributed by atoms with E-state index in [9.17, 15) is 9.18 Å². The molecule has 2 aliphatic heterocycles. The zero-order chi connectivity index (χ0) is 27.5. The molecule has 0 unspecified atom stereocenters. The van der Waals surface area contributed by atoms with Gasteiger partial charge in [0.05, 0.1) is 24.6 Å². The first-order valence-electron chi connectivity index (χ1n) is 13.4. The molecule has 5 rings (SSSR count). The Morgan fingerprint density at radius 2 is 1.69 bits per heavy atom. The van der Waals surface area contributed by atoms with Crippen LogP contribution < -0.4 is 15.0 Å². The molecule has 0 saturated carbocycles. The summed E-state index contributed by atoms with van der Waals surface area (Å²) in [7, 11) is 2.08. The summed E-state index contributed by atoms with van der Waals surface area (Å²) in [6.45, 7) is 7.88. The Morgan fingerprint density at radius 1 is 1.00 bits per heavy atom. The van der Waals surface area contributed by atoms with Crippen molar-refractivity contribution in [3.8, 4) is 17.0 Å². The highest BCUT2D eigenvalue weighted by Crippen LogP contribution is 2.34. The second-order valence-electron chi connectivity index (χ2n) is 10.3. The van der Waals surface area contributed by atoms with Gasteiger partial charge in [-0.3, -0.25) is 4.79 Å². The molecule has 2 saturated heterocycles. The molecule has 1 aromatic heterocycles. The monoisotopic (exact) mass is 536 g/mol. The van der Waals surface area contributed by atoms with E-state index in [2.05, 4.69) is 27.1 Å². The first-order chi connectivity index (χ1) is 18.8. The van der Waals surface area contributed by atoms with E-state index in [0.29, 0.717) is 46.7 Å². The molecule has 39 heavy (non-hydrogen) atoms. The molecule has 2 aliphatic rings. The maximum atomic E-state index is 15.2. The van der Waals surface area contributed by atoms with Gasteiger partial charge in [0.25, 0.3) is 5.91 Å². The number of nitrogens with one attached hydrogen (secondary N) is 1. The van der Waals surface area contributed by atoms with Crippen LogP contribution in [0.1, 0.15) is 34.3 Å². The van der Waals surface area contributed by atoms with Crippen molar-refractivity contribution in [2.75, 3.05) is 56.7 Å². The number of aromatic nitrogens is 1. The molecule has 1 amide bonds. The molecule has 2 aromatic carbocycles. The van der Waals surface area contributed by atoms with Crippen molar-refractivity contribution in [2.24, 2.45) is 0 Å². The summed E-state index contributed by atoms with van der Waals surface area (Å²) in [5.74, 6) is -1.08. The van der Waals surface area contributed by atoms with Gasteiger partial charge < -0.3 is 24.6 Å². The van der Waals surface area contributed by atoms with Gasteiger partial charge in [-0.25, -0.2) is 4.39 Å². The Hall–Kier alpha value is -3.56. The lowest BCUT2D eigenvalue weighted by atomic mass is 10.0. The van der Waals surface area contributed by atoms with Gasteiger partial charge in [0.1, 0.15) is 11.9 Å². The van der Waals surface area contributed by atoms with Crippen LogP contribution in [0.3, 0.4) is 0 Å². The third-order valence-corrected chi connectivity index (χ3v) is 7.38. The maximum absolute atomic E-state index is 15.2. The molecule has 7 nitrogen and oxygen atoms in total. The summed E-state index contributed by atoms with van der Waals surface area (Å²) in [4.78, 5) is 21.8. The van der Waals surface area contributed by atoms with Gasteiger partial charge in [-0.2, -0.15) is 9.37 Å². The van der Waals surface area contributed by atoms with Crippen LogP contribution in [0.5, 0.6) is 5.88 Å². The van der Waals surface area contributed by atoms with Crippen molar-refractivity contribution in [3.05, 3.63) is 70.9 Å². The number of halogens is 2. The average molecular weight is 537 g/mol. The van der Waals surface area contributed by atoms with E-state index < -0.39 is 5.95 Å². The first kappa shape index (κ1) is 27.0. The number of aryl methyl sites for hydroxylation is 2. The fraction of sp³-hybridized carbons (Fsp3) is 0.400. The normalized spacial score (nSPS) is 16.8. The summed E-state index contributed by atoms with van der Waals surface area (Å²) in [5.41, 5.74) is 3.48. The molecule has 3 aromatic rings. The Morgan fingerprint density at radius 3 is 2.36 bits per heavy atom. The van der Waals surface area contributed by atoms with E-state index in [0.717, 1.165) is 44.7 Å². The van der Waals surface area contributed by atoms with Gasteiger partial charge >= 0.3 is 0 Å². The van der Waals surface area contributed by atoms with E-state index in [1.165, 1.54) is 12.1 Å². The number of ether oxygens (including phenoxy) is 2. The second kappa shape index (κ2) is 11.7. The average Bonchev–Trinajstić information content (AvgIpc) is 2.92. The topological polar surface area (TPSA) is 66.9 Å².